The van der Waals surface area contributed by atoms with Gasteiger partial charge in [0.2, 0.25) is 5.88 Å². The second kappa shape index (κ2) is 3.87. The number of methoxy groups -OCH3 is 1. The van der Waals surface area contributed by atoms with Crippen LogP contribution in [0.25, 0.3) is 10.8 Å². The van der Waals surface area contributed by atoms with E-state index in [4.69, 9.17) is 10.5 Å². The summed E-state index contributed by atoms with van der Waals surface area (Å²) < 4.78 is 5.26. The van der Waals surface area contributed by atoms with Crippen molar-refractivity contribution in [3.05, 3.63) is 35.5 Å². The summed E-state index contributed by atoms with van der Waals surface area (Å²) in [4.78, 5) is 4.33. The standard InChI is InChI=1S/C12H14N2O/c1-8-5-10-4-3-9(7-13)6-11(10)12(14-8)15-2/h3-6H,7,13H2,1-2H3. The van der Waals surface area contributed by atoms with E-state index in [9.17, 15) is 0 Å². The highest BCUT2D eigenvalue weighted by Crippen LogP contribution is 2.25. The monoisotopic (exact) mass is 202 g/mol. The summed E-state index contributed by atoms with van der Waals surface area (Å²) in [7, 11) is 1.64. The molecule has 1 aromatic carbocycles. The maximum atomic E-state index is 5.60. The van der Waals surface area contributed by atoms with Crippen LogP contribution in [0.1, 0.15) is 11.3 Å². The number of fused-ring (bicyclic) bond motifs is 1. The predicted octanol–water partition coefficient (Wildman–Crippen LogP) is 2.01. The summed E-state index contributed by atoms with van der Waals surface area (Å²) in [6.07, 6.45) is 0. The van der Waals surface area contributed by atoms with Crippen LogP contribution in [0.15, 0.2) is 24.3 Å². The SMILES string of the molecule is COc1nc(C)cc2ccc(CN)cc12. The van der Waals surface area contributed by atoms with Gasteiger partial charge < -0.3 is 10.5 Å². The first-order chi connectivity index (χ1) is 7.24. The lowest BCUT2D eigenvalue weighted by Crippen LogP contribution is -1.97. The molecule has 0 aliphatic heterocycles. The minimum absolute atomic E-state index is 0.535. The fourth-order valence-electron chi connectivity index (χ4n) is 1.67. The number of rotatable bonds is 2. The molecule has 0 amide bonds. The van der Waals surface area contributed by atoms with Crippen molar-refractivity contribution < 1.29 is 4.74 Å². The molecule has 3 heteroatoms. The Bertz CT molecular complexity index is 494. The minimum Gasteiger partial charge on any atom is -0.481 e. The second-order valence-electron chi connectivity index (χ2n) is 3.53. The average Bonchev–Trinajstić information content (AvgIpc) is 2.27. The van der Waals surface area contributed by atoms with Crippen LogP contribution in [-0.2, 0) is 6.54 Å². The van der Waals surface area contributed by atoms with Gasteiger partial charge in [0.15, 0.2) is 0 Å². The third kappa shape index (κ3) is 1.78. The molecule has 0 aliphatic rings. The van der Waals surface area contributed by atoms with Gasteiger partial charge in [-0.05, 0) is 30.0 Å². The molecule has 0 bridgehead atoms. The Balaban J connectivity index is 2.73. The smallest absolute Gasteiger partial charge is 0.221 e. The van der Waals surface area contributed by atoms with Crippen molar-refractivity contribution in [2.24, 2.45) is 5.73 Å². The van der Waals surface area contributed by atoms with Gasteiger partial charge in [0.25, 0.3) is 0 Å². The van der Waals surface area contributed by atoms with Gasteiger partial charge in [0, 0.05) is 17.6 Å². The van der Waals surface area contributed by atoms with Gasteiger partial charge in [-0.15, -0.1) is 0 Å². The van der Waals surface area contributed by atoms with E-state index in [2.05, 4.69) is 11.1 Å². The van der Waals surface area contributed by atoms with E-state index in [1.165, 1.54) is 0 Å². The third-order valence-electron chi connectivity index (χ3n) is 2.42. The molecule has 0 radical (unpaired) electrons. The minimum atomic E-state index is 0.535. The molecular weight excluding hydrogens is 188 g/mol. The van der Waals surface area contributed by atoms with Crippen LogP contribution < -0.4 is 10.5 Å². The maximum absolute atomic E-state index is 5.60. The summed E-state index contributed by atoms with van der Waals surface area (Å²) in [5, 5.41) is 2.16. The van der Waals surface area contributed by atoms with Gasteiger partial charge in [-0.2, -0.15) is 0 Å². The number of nitrogens with zero attached hydrogens (tertiary/aromatic N) is 1. The summed E-state index contributed by atoms with van der Waals surface area (Å²) in [5.41, 5.74) is 7.65. The van der Waals surface area contributed by atoms with Crippen LogP contribution in [0.2, 0.25) is 0 Å². The van der Waals surface area contributed by atoms with Crippen LogP contribution in [-0.4, -0.2) is 12.1 Å². The lowest BCUT2D eigenvalue weighted by atomic mass is 10.1. The number of nitrogens with two attached hydrogens (primary N) is 1. The van der Waals surface area contributed by atoms with Crippen molar-refractivity contribution in [2.45, 2.75) is 13.5 Å². The van der Waals surface area contributed by atoms with Crippen molar-refractivity contribution >= 4 is 10.8 Å². The Morgan fingerprint density at radius 1 is 1.33 bits per heavy atom. The Kier molecular flexibility index (Phi) is 2.56. The largest absolute Gasteiger partial charge is 0.481 e. The highest BCUT2D eigenvalue weighted by molar-refractivity contribution is 5.87. The third-order valence-corrected chi connectivity index (χ3v) is 2.42. The van der Waals surface area contributed by atoms with E-state index in [1.54, 1.807) is 7.11 Å². The van der Waals surface area contributed by atoms with Crippen LogP contribution in [0, 0.1) is 6.92 Å². The van der Waals surface area contributed by atoms with Gasteiger partial charge >= 0.3 is 0 Å². The maximum Gasteiger partial charge on any atom is 0.221 e. The molecule has 0 fully saturated rings. The number of ether oxygens (including phenoxy) is 1. The highest BCUT2D eigenvalue weighted by atomic mass is 16.5. The molecule has 0 aliphatic carbocycles. The van der Waals surface area contributed by atoms with E-state index < -0.39 is 0 Å². The Hall–Kier alpha value is -1.61. The van der Waals surface area contributed by atoms with E-state index in [0.29, 0.717) is 12.4 Å². The quantitative estimate of drug-likeness (QED) is 0.810. The fraction of sp³-hybridized carbons (Fsp3) is 0.250. The van der Waals surface area contributed by atoms with Gasteiger partial charge in [-0.1, -0.05) is 12.1 Å². The van der Waals surface area contributed by atoms with E-state index in [-0.39, 0.29) is 0 Å². The number of hydrogen-bond acceptors (Lipinski definition) is 3. The van der Waals surface area contributed by atoms with Gasteiger partial charge in [-0.3, -0.25) is 0 Å². The Morgan fingerprint density at radius 3 is 2.80 bits per heavy atom. The van der Waals surface area contributed by atoms with Crippen LogP contribution in [0.5, 0.6) is 5.88 Å². The van der Waals surface area contributed by atoms with Crippen molar-refractivity contribution in [2.75, 3.05) is 7.11 Å². The van der Waals surface area contributed by atoms with Crippen LogP contribution in [0.4, 0.5) is 0 Å². The molecule has 0 atom stereocenters. The molecule has 0 spiro atoms. The number of aromatic nitrogens is 1. The first-order valence-corrected chi connectivity index (χ1v) is 4.89. The zero-order chi connectivity index (χ0) is 10.8. The molecule has 15 heavy (non-hydrogen) atoms. The van der Waals surface area contributed by atoms with Crippen molar-refractivity contribution in [1.29, 1.82) is 0 Å². The number of benzene rings is 1. The summed E-state index contributed by atoms with van der Waals surface area (Å²) >= 11 is 0. The van der Waals surface area contributed by atoms with Crippen LogP contribution >= 0.6 is 0 Å². The summed E-state index contributed by atoms with van der Waals surface area (Å²) in [6.45, 7) is 2.49. The second-order valence-corrected chi connectivity index (χ2v) is 3.53. The Labute approximate surface area is 88.9 Å². The molecule has 0 saturated carbocycles. The lowest BCUT2D eigenvalue weighted by molar-refractivity contribution is 0.402. The van der Waals surface area contributed by atoms with E-state index in [0.717, 1.165) is 22.0 Å². The fourth-order valence-corrected chi connectivity index (χ4v) is 1.67. The zero-order valence-corrected chi connectivity index (χ0v) is 8.95. The number of pyridine rings is 1. The Morgan fingerprint density at radius 2 is 2.13 bits per heavy atom. The van der Waals surface area contributed by atoms with Crippen molar-refractivity contribution in [3.63, 3.8) is 0 Å². The first-order valence-electron chi connectivity index (χ1n) is 4.89. The van der Waals surface area contributed by atoms with Gasteiger partial charge in [0.1, 0.15) is 0 Å². The van der Waals surface area contributed by atoms with E-state index >= 15 is 0 Å². The van der Waals surface area contributed by atoms with Gasteiger partial charge in [0.05, 0.1) is 7.11 Å². The first kappa shape index (κ1) is 9.93. The van der Waals surface area contributed by atoms with Crippen molar-refractivity contribution in [3.8, 4) is 5.88 Å². The molecule has 0 saturated heterocycles. The molecule has 2 rings (SSSR count). The average molecular weight is 202 g/mol. The van der Waals surface area contributed by atoms with Crippen LogP contribution in [0.3, 0.4) is 0 Å². The molecule has 78 valence electrons. The molecule has 0 unspecified atom stereocenters. The zero-order valence-electron chi connectivity index (χ0n) is 8.95. The predicted molar refractivity (Wildman–Crippen MR) is 60.9 cm³/mol. The molecule has 3 nitrogen and oxygen atoms in total. The molecular formula is C12H14N2O. The number of aryl methyl sites for hydroxylation is 1. The highest BCUT2D eigenvalue weighted by Gasteiger charge is 2.04. The molecule has 1 aromatic heterocycles. The summed E-state index contributed by atoms with van der Waals surface area (Å²) in [6, 6.07) is 8.15. The van der Waals surface area contributed by atoms with Crippen molar-refractivity contribution in [1.82, 2.24) is 4.98 Å². The van der Waals surface area contributed by atoms with E-state index in [1.807, 2.05) is 25.1 Å². The molecule has 1 heterocycles. The summed E-state index contributed by atoms with van der Waals surface area (Å²) in [5.74, 6) is 0.667. The number of hydrogen-bond donors (Lipinski definition) is 1. The molecule has 2 N–H and O–H groups in total. The topological polar surface area (TPSA) is 48.1 Å². The van der Waals surface area contributed by atoms with Gasteiger partial charge in [-0.25, -0.2) is 4.98 Å². The normalized spacial score (nSPS) is 10.6. The molecule has 2 aromatic rings. The lowest BCUT2D eigenvalue weighted by Gasteiger charge is -2.07.